The van der Waals surface area contributed by atoms with Crippen LogP contribution in [-0.4, -0.2) is 71.8 Å². The number of likely N-dealkylation sites (tertiary alicyclic amines) is 1. The van der Waals surface area contributed by atoms with Gasteiger partial charge in [-0.15, -0.1) is 0 Å². The second kappa shape index (κ2) is 8.02. The van der Waals surface area contributed by atoms with E-state index in [-0.39, 0.29) is 11.3 Å². The van der Waals surface area contributed by atoms with Gasteiger partial charge in [0.15, 0.2) is 0 Å². The molecule has 2 atom stereocenters. The van der Waals surface area contributed by atoms with Gasteiger partial charge < -0.3 is 14.2 Å². The molecular weight excluding hydrogens is 392 g/mol. The number of carbonyl (C=O) groups excluding carboxylic acids is 1. The van der Waals surface area contributed by atoms with Crippen LogP contribution in [0.5, 0.6) is 0 Å². The molecule has 1 aromatic carbocycles. The topological polar surface area (TPSA) is 71.7 Å². The third kappa shape index (κ3) is 4.01. The molecule has 166 valence electrons. The van der Waals surface area contributed by atoms with E-state index in [2.05, 4.69) is 33.8 Å². The fourth-order valence-corrected chi connectivity index (χ4v) is 6.17. The summed E-state index contributed by atoms with van der Waals surface area (Å²) in [5, 5.41) is 4.06. The zero-order valence-electron chi connectivity index (χ0n) is 18.5. The fourth-order valence-electron chi connectivity index (χ4n) is 6.17. The van der Waals surface area contributed by atoms with E-state index in [4.69, 9.17) is 9.26 Å². The molecule has 31 heavy (non-hydrogen) atoms. The summed E-state index contributed by atoms with van der Waals surface area (Å²) in [6.07, 6.45) is 2.09. The predicted molar refractivity (Wildman–Crippen MR) is 116 cm³/mol. The zero-order valence-corrected chi connectivity index (χ0v) is 18.5. The predicted octanol–water partition coefficient (Wildman–Crippen LogP) is 2.88. The molecule has 1 saturated carbocycles. The molecule has 1 aliphatic carbocycles. The first-order valence-corrected chi connectivity index (χ1v) is 11.4. The zero-order chi connectivity index (χ0) is 21.5. The molecule has 1 amide bonds. The minimum atomic E-state index is 0.200. The number of hydrogen-bond acceptors (Lipinski definition) is 6. The number of rotatable bonds is 6. The van der Waals surface area contributed by atoms with E-state index in [0.29, 0.717) is 35.9 Å². The summed E-state index contributed by atoms with van der Waals surface area (Å²) in [5.41, 5.74) is 1.46. The summed E-state index contributed by atoms with van der Waals surface area (Å²) in [6.45, 7) is 11.2. The van der Waals surface area contributed by atoms with E-state index >= 15 is 0 Å². The van der Waals surface area contributed by atoms with E-state index in [1.807, 2.05) is 30.3 Å². The Morgan fingerprint density at radius 3 is 2.71 bits per heavy atom. The Morgan fingerprint density at radius 1 is 1.19 bits per heavy atom. The number of ether oxygens (including phenoxy) is 1. The van der Waals surface area contributed by atoms with E-state index < -0.39 is 0 Å². The molecule has 0 N–H and O–H groups in total. The maximum absolute atomic E-state index is 13.1. The van der Waals surface area contributed by atoms with Crippen LogP contribution in [0.15, 0.2) is 34.9 Å². The van der Waals surface area contributed by atoms with Crippen molar-refractivity contribution < 1.29 is 14.1 Å². The van der Waals surface area contributed by atoms with E-state index in [9.17, 15) is 4.79 Å². The SMILES string of the molecule is CC1(C)C[C@]2(CN3CCOCC3)CN(C(=O)CCc3nc(-c4ccccc4)no3)C[C@H]12. The average molecular weight is 425 g/mol. The minimum Gasteiger partial charge on any atom is -0.379 e. The first-order chi connectivity index (χ1) is 15.0. The van der Waals surface area contributed by atoms with Gasteiger partial charge in [0.25, 0.3) is 0 Å². The van der Waals surface area contributed by atoms with Crippen molar-refractivity contribution in [1.82, 2.24) is 19.9 Å². The number of hydrogen-bond donors (Lipinski definition) is 0. The standard InChI is InChI=1S/C24H32N4O3/c1-23(2)15-24(16-27-10-12-30-13-11-27)17-28(14-19(23)24)21(29)9-8-20-25-22(26-31-20)18-6-4-3-5-7-18/h3-7,19H,8-17H2,1-2H3/t19-,24+/m1/s1. The molecule has 7 heteroatoms. The summed E-state index contributed by atoms with van der Waals surface area (Å²) in [4.78, 5) is 22.2. The Balaban J connectivity index is 1.20. The van der Waals surface area contributed by atoms with Crippen molar-refractivity contribution in [2.24, 2.45) is 16.7 Å². The fraction of sp³-hybridized carbons (Fsp3) is 0.625. The van der Waals surface area contributed by atoms with Gasteiger partial charge in [0.05, 0.1) is 13.2 Å². The third-order valence-electron chi connectivity index (χ3n) is 7.45. The number of nitrogens with zero attached hydrogens (tertiary/aromatic N) is 4. The number of aromatic nitrogens is 2. The molecule has 2 aromatic rings. The molecule has 1 aromatic heterocycles. The van der Waals surface area contributed by atoms with Crippen LogP contribution in [0.2, 0.25) is 0 Å². The normalized spacial score (nSPS) is 27.7. The van der Waals surface area contributed by atoms with Crippen molar-refractivity contribution >= 4 is 5.91 Å². The largest absolute Gasteiger partial charge is 0.379 e. The Bertz CT molecular complexity index is 922. The first kappa shape index (κ1) is 20.6. The van der Waals surface area contributed by atoms with Crippen LogP contribution < -0.4 is 0 Å². The summed E-state index contributed by atoms with van der Waals surface area (Å²) < 4.78 is 10.9. The van der Waals surface area contributed by atoms with Gasteiger partial charge in [0.2, 0.25) is 17.6 Å². The van der Waals surface area contributed by atoms with Crippen molar-refractivity contribution in [2.45, 2.75) is 33.1 Å². The lowest BCUT2D eigenvalue weighted by molar-refractivity contribution is -0.130. The van der Waals surface area contributed by atoms with Gasteiger partial charge in [-0.05, 0) is 17.8 Å². The van der Waals surface area contributed by atoms with Crippen LogP contribution in [0, 0.1) is 16.7 Å². The number of fused-ring (bicyclic) bond motifs is 1. The lowest BCUT2D eigenvalue weighted by Crippen LogP contribution is -2.59. The van der Waals surface area contributed by atoms with E-state index in [1.54, 1.807) is 0 Å². The van der Waals surface area contributed by atoms with Gasteiger partial charge in [0, 0.05) is 56.5 Å². The van der Waals surface area contributed by atoms with Gasteiger partial charge in [-0.1, -0.05) is 49.3 Å². The number of carbonyl (C=O) groups is 1. The molecule has 0 radical (unpaired) electrons. The summed E-state index contributed by atoms with van der Waals surface area (Å²) in [7, 11) is 0. The molecular formula is C24H32N4O3. The van der Waals surface area contributed by atoms with Gasteiger partial charge in [-0.25, -0.2) is 0 Å². The maximum Gasteiger partial charge on any atom is 0.227 e. The van der Waals surface area contributed by atoms with Crippen LogP contribution in [0.1, 0.15) is 32.6 Å². The number of benzene rings is 1. The number of amides is 1. The van der Waals surface area contributed by atoms with Crippen LogP contribution in [0.25, 0.3) is 11.4 Å². The first-order valence-electron chi connectivity index (χ1n) is 11.4. The molecule has 5 rings (SSSR count). The molecule has 0 spiro atoms. The van der Waals surface area contributed by atoms with Crippen molar-refractivity contribution in [2.75, 3.05) is 45.9 Å². The van der Waals surface area contributed by atoms with Crippen LogP contribution in [0.3, 0.4) is 0 Å². The molecule has 0 unspecified atom stereocenters. The highest BCUT2D eigenvalue weighted by Crippen LogP contribution is 2.63. The Hall–Kier alpha value is -2.25. The number of aryl methyl sites for hydroxylation is 1. The van der Waals surface area contributed by atoms with Gasteiger partial charge in [-0.2, -0.15) is 4.98 Å². The van der Waals surface area contributed by atoms with E-state index in [0.717, 1.165) is 51.5 Å². The Morgan fingerprint density at radius 2 is 1.97 bits per heavy atom. The second-order valence-corrected chi connectivity index (χ2v) is 10.1. The van der Waals surface area contributed by atoms with Gasteiger partial charge in [0.1, 0.15) is 0 Å². The third-order valence-corrected chi connectivity index (χ3v) is 7.45. The summed E-state index contributed by atoms with van der Waals surface area (Å²) in [5.74, 6) is 1.87. The monoisotopic (exact) mass is 424 g/mol. The molecule has 3 aliphatic rings. The van der Waals surface area contributed by atoms with Crippen molar-refractivity contribution in [3.8, 4) is 11.4 Å². The Kier molecular flexibility index (Phi) is 5.34. The average Bonchev–Trinajstić information content (AvgIpc) is 3.37. The Labute approximate surface area is 183 Å². The van der Waals surface area contributed by atoms with Gasteiger partial charge in [-0.3, -0.25) is 9.69 Å². The summed E-state index contributed by atoms with van der Waals surface area (Å²) in [6, 6.07) is 9.76. The van der Waals surface area contributed by atoms with Crippen molar-refractivity contribution in [3.05, 3.63) is 36.2 Å². The van der Waals surface area contributed by atoms with Crippen LogP contribution in [0.4, 0.5) is 0 Å². The highest BCUT2D eigenvalue weighted by atomic mass is 16.5. The molecule has 7 nitrogen and oxygen atoms in total. The second-order valence-electron chi connectivity index (χ2n) is 10.1. The molecule has 3 fully saturated rings. The quantitative estimate of drug-likeness (QED) is 0.710. The molecule has 2 saturated heterocycles. The highest BCUT2D eigenvalue weighted by Gasteiger charge is 2.63. The smallest absolute Gasteiger partial charge is 0.227 e. The summed E-state index contributed by atoms with van der Waals surface area (Å²) >= 11 is 0. The van der Waals surface area contributed by atoms with Gasteiger partial charge >= 0.3 is 0 Å². The van der Waals surface area contributed by atoms with Crippen molar-refractivity contribution in [3.63, 3.8) is 0 Å². The van der Waals surface area contributed by atoms with Crippen molar-refractivity contribution in [1.29, 1.82) is 0 Å². The lowest BCUT2D eigenvalue weighted by Gasteiger charge is -2.58. The van der Waals surface area contributed by atoms with E-state index in [1.165, 1.54) is 6.42 Å². The molecule has 3 heterocycles. The minimum absolute atomic E-state index is 0.200. The lowest BCUT2D eigenvalue weighted by atomic mass is 9.48. The highest BCUT2D eigenvalue weighted by molar-refractivity contribution is 5.77. The van der Waals surface area contributed by atoms with Crippen LogP contribution >= 0.6 is 0 Å². The number of morpholine rings is 1. The van der Waals surface area contributed by atoms with Crippen LogP contribution in [-0.2, 0) is 16.0 Å². The molecule has 0 bridgehead atoms. The molecule has 2 aliphatic heterocycles. The maximum atomic E-state index is 13.1.